The van der Waals surface area contributed by atoms with E-state index in [1.165, 1.54) is 0 Å². The minimum absolute atomic E-state index is 0.0803. The zero-order valence-electron chi connectivity index (χ0n) is 15.2. The number of amides is 1. The third-order valence-corrected chi connectivity index (χ3v) is 4.41. The molecule has 30 heavy (non-hydrogen) atoms. The summed E-state index contributed by atoms with van der Waals surface area (Å²) in [5, 5.41) is 0. The highest BCUT2D eigenvalue weighted by Gasteiger charge is 2.23. The fraction of sp³-hybridized carbons (Fsp3) is 0.0952. The Hall–Kier alpha value is -3.49. The lowest BCUT2D eigenvalue weighted by molar-refractivity contribution is 0.0992. The van der Waals surface area contributed by atoms with E-state index in [1.54, 1.807) is 0 Å². The van der Waals surface area contributed by atoms with E-state index >= 15 is 0 Å². The monoisotopic (exact) mass is 424 g/mol. The number of halogens is 6. The lowest BCUT2D eigenvalue weighted by atomic mass is 10.1. The molecule has 3 nitrogen and oxygen atoms in total. The number of primary amides is 1. The average Bonchev–Trinajstić information content (AvgIpc) is 2.65. The second kappa shape index (κ2) is 8.48. The van der Waals surface area contributed by atoms with Gasteiger partial charge in [-0.15, -0.1) is 0 Å². The summed E-state index contributed by atoms with van der Waals surface area (Å²) < 4.78 is 83.4. The van der Waals surface area contributed by atoms with Gasteiger partial charge in [0.2, 0.25) is 0 Å². The fourth-order valence-corrected chi connectivity index (χ4v) is 2.95. The number of hydrogen-bond acceptors (Lipinski definition) is 2. The van der Waals surface area contributed by atoms with Gasteiger partial charge in [0.15, 0.2) is 5.82 Å². The quantitative estimate of drug-likeness (QED) is 0.577. The molecule has 1 amide bonds. The van der Waals surface area contributed by atoms with Crippen LogP contribution in [0.2, 0.25) is 0 Å². The Labute approximate surface area is 167 Å². The molecule has 3 rings (SSSR count). The second-order valence-corrected chi connectivity index (χ2v) is 6.45. The molecule has 9 heteroatoms. The Morgan fingerprint density at radius 3 is 1.67 bits per heavy atom. The van der Waals surface area contributed by atoms with Gasteiger partial charge in [-0.05, 0) is 24.3 Å². The molecule has 0 unspecified atom stereocenters. The summed E-state index contributed by atoms with van der Waals surface area (Å²) in [5.74, 6) is -7.47. The summed E-state index contributed by atoms with van der Waals surface area (Å²) in [4.78, 5) is 12.5. The number of benzene rings is 3. The molecule has 2 N–H and O–H groups in total. The molecule has 0 aliphatic carbocycles. The van der Waals surface area contributed by atoms with Crippen LogP contribution in [0.3, 0.4) is 0 Å². The van der Waals surface area contributed by atoms with Crippen LogP contribution in [-0.4, -0.2) is 5.91 Å². The molecule has 3 aromatic rings. The first kappa shape index (κ1) is 21.2. The molecular weight excluding hydrogens is 410 g/mol. The van der Waals surface area contributed by atoms with Gasteiger partial charge in [-0.25, -0.2) is 26.3 Å². The van der Waals surface area contributed by atoms with Crippen molar-refractivity contribution in [3.63, 3.8) is 0 Å². The smallest absolute Gasteiger partial charge is 0.254 e. The molecule has 0 radical (unpaired) electrons. The zero-order valence-corrected chi connectivity index (χ0v) is 15.2. The highest BCUT2D eigenvalue weighted by Crippen LogP contribution is 2.29. The largest absolute Gasteiger partial charge is 0.365 e. The Bertz CT molecular complexity index is 1070. The van der Waals surface area contributed by atoms with Crippen molar-refractivity contribution in [2.45, 2.75) is 13.1 Å². The van der Waals surface area contributed by atoms with Crippen molar-refractivity contribution >= 4 is 11.6 Å². The van der Waals surface area contributed by atoms with Crippen LogP contribution in [-0.2, 0) is 13.1 Å². The van der Waals surface area contributed by atoms with Crippen molar-refractivity contribution < 1.29 is 31.1 Å². The van der Waals surface area contributed by atoms with Crippen molar-refractivity contribution in [3.8, 4) is 0 Å². The van der Waals surface area contributed by atoms with Crippen LogP contribution in [0.15, 0.2) is 48.5 Å². The molecule has 156 valence electrons. The number of hydrogen-bond donors (Lipinski definition) is 1. The molecule has 0 saturated heterocycles. The Morgan fingerprint density at radius 1 is 0.733 bits per heavy atom. The first-order valence-electron chi connectivity index (χ1n) is 8.58. The van der Waals surface area contributed by atoms with Gasteiger partial charge in [0.25, 0.3) is 5.91 Å². The van der Waals surface area contributed by atoms with E-state index in [4.69, 9.17) is 5.73 Å². The van der Waals surface area contributed by atoms with Crippen LogP contribution < -0.4 is 10.6 Å². The first-order chi connectivity index (χ1) is 14.2. The number of nitrogens with two attached hydrogens (primary N) is 1. The Morgan fingerprint density at radius 2 is 1.23 bits per heavy atom. The normalized spacial score (nSPS) is 10.9. The van der Waals surface area contributed by atoms with Crippen LogP contribution in [0, 0.1) is 34.9 Å². The number of anilines is 1. The molecule has 0 atom stereocenters. The minimum Gasteiger partial charge on any atom is -0.365 e. The van der Waals surface area contributed by atoms with E-state index in [0.29, 0.717) is 12.1 Å². The third-order valence-electron chi connectivity index (χ3n) is 4.41. The molecule has 0 bridgehead atoms. The van der Waals surface area contributed by atoms with Crippen LogP contribution >= 0.6 is 0 Å². The summed E-state index contributed by atoms with van der Waals surface area (Å²) in [7, 11) is 0. The maximum absolute atomic E-state index is 14.9. The topological polar surface area (TPSA) is 46.3 Å². The predicted molar refractivity (Wildman–Crippen MR) is 97.5 cm³/mol. The second-order valence-electron chi connectivity index (χ2n) is 6.45. The van der Waals surface area contributed by atoms with Crippen molar-refractivity contribution in [3.05, 3.63) is 100 Å². The highest BCUT2D eigenvalue weighted by atomic mass is 19.2. The zero-order chi connectivity index (χ0) is 22.0. The lowest BCUT2D eigenvalue weighted by Crippen LogP contribution is -2.26. The number of carbonyl (C=O) groups excluding carboxylic acids is 1. The van der Waals surface area contributed by atoms with E-state index in [0.717, 1.165) is 41.3 Å². The van der Waals surface area contributed by atoms with Gasteiger partial charge in [-0.2, -0.15) is 0 Å². The maximum atomic E-state index is 14.9. The van der Waals surface area contributed by atoms with Gasteiger partial charge >= 0.3 is 0 Å². The SMILES string of the molecule is NC(=O)c1c(F)ccc(N(Cc2ccc(F)cc2F)Cc2ccc(F)cc2F)c1F. The van der Waals surface area contributed by atoms with Crippen LogP contribution in [0.5, 0.6) is 0 Å². The van der Waals surface area contributed by atoms with Crippen molar-refractivity contribution in [1.29, 1.82) is 0 Å². The minimum atomic E-state index is -1.37. The summed E-state index contributed by atoms with van der Waals surface area (Å²) in [6.45, 7) is -0.798. The molecule has 0 saturated carbocycles. The first-order valence-corrected chi connectivity index (χ1v) is 8.58. The molecule has 0 aromatic heterocycles. The average molecular weight is 424 g/mol. The van der Waals surface area contributed by atoms with Crippen LogP contribution in [0.25, 0.3) is 0 Å². The summed E-state index contributed by atoms with van der Waals surface area (Å²) in [6, 6.07) is 7.15. The molecule has 0 aliphatic heterocycles. The van der Waals surface area contributed by atoms with Gasteiger partial charge < -0.3 is 10.6 Å². The van der Waals surface area contributed by atoms with Crippen molar-refractivity contribution in [1.82, 2.24) is 0 Å². The molecule has 3 aromatic carbocycles. The van der Waals surface area contributed by atoms with Crippen LogP contribution in [0.1, 0.15) is 21.5 Å². The van der Waals surface area contributed by atoms with E-state index in [9.17, 15) is 31.1 Å². The van der Waals surface area contributed by atoms with Gasteiger partial charge in [0.1, 0.15) is 34.6 Å². The molecule has 0 heterocycles. The Kier molecular flexibility index (Phi) is 6.00. The van der Waals surface area contributed by atoms with E-state index in [-0.39, 0.29) is 16.8 Å². The molecule has 0 spiro atoms. The molecule has 0 aliphatic rings. The maximum Gasteiger partial charge on any atom is 0.254 e. The predicted octanol–water partition coefficient (Wildman–Crippen LogP) is 4.83. The van der Waals surface area contributed by atoms with Crippen molar-refractivity contribution in [2.75, 3.05) is 4.90 Å². The molecule has 0 fully saturated rings. The number of carbonyl (C=O) groups is 1. The van der Waals surface area contributed by atoms with Gasteiger partial charge in [0.05, 0.1) is 5.69 Å². The van der Waals surface area contributed by atoms with Gasteiger partial charge in [-0.3, -0.25) is 4.79 Å². The summed E-state index contributed by atoms with van der Waals surface area (Å²) in [6.07, 6.45) is 0. The van der Waals surface area contributed by atoms with Crippen molar-refractivity contribution in [2.24, 2.45) is 5.73 Å². The Balaban J connectivity index is 2.09. The third kappa shape index (κ3) is 4.40. The van der Waals surface area contributed by atoms with E-state index in [2.05, 4.69) is 0 Å². The fourth-order valence-electron chi connectivity index (χ4n) is 2.95. The number of nitrogens with zero attached hydrogens (tertiary/aromatic N) is 1. The number of rotatable bonds is 6. The standard InChI is InChI=1S/C21H14F6N2O/c22-13-3-1-11(16(25)7-13)9-29(10-12-2-4-14(23)8-17(12)26)18-6-5-15(24)19(20(18)27)21(28)30/h1-8H,9-10H2,(H2,28,30). The van der Waals surface area contributed by atoms with E-state index in [1.807, 2.05) is 0 Å². The summed E-state index contributed by atoms with van der Waals surface area (Å²) >= 11 is 0. The van der Waals surface area contributed by atoms with E-state index < -0.39 is 59.5 Å². The van der Waals surface area contributed by atoms with Gasteiger partial charge in [-0.1, -0.05) is 12.1 Å². The summed E-state index contributed by atoms with van der Waals surface area (Å²) in [5.41, 5.74) is 3.48. The molecular formula is C21H14F6N2O. The van der Waals surface area contributed by atoms with Crippen LogP contribution in [0.4, 0.5) is 32.0 Å². The highest BCUT2D eigenvalue weighted by molar-refractivity contribution is 5.94. The lowest BCUT2D eigenvalue weighted by Gasteiger charge is -2.26. The van der Waals surface area contributed by atoms with Gasteiger partial charge in [0, 0.05) is 36.3 Å².